The molecule has 43 heavy (non-hydrogen) atoms. The molecule has 0 saturated heterocycles. The van der Waals surface area contributed by atoms with E-state index in [0.29, 0.717) is 9.25 Å². The van der Waals surface area contributed by atoms with Crippen molar-refractivity contribution in [1.82, 2.24) is 34.1 Å². The molecule has 4 rings (SSSR count). The Kier molecular flexibility index (Phi) is 8.82. The summed E-state index contributed by atoms with van der Waals surface area (Å²) in [6.07, 6.45) is -12.5. The fourth-order valence-corrected chi connectivity index (χ4v) is 4.07. The number of aliphatic carboxylic acids is 1. The Labute approximate surface area is 241 Å². The SMILES string of the molecule is CC(CC(=O)O)c1nc(Cn2nc(-c3ccc(Cl)cc3)n(C[C@H](O)C(F)(F)F)c2=O)nn1-c1ncccc1OC(F)(F)F. The van der Waals surface area contributed by atoms with E-state index in [1.807, 2.05) is 0 Å². The van der Waals surface area contributed by atoms with Crippen LogP contribution in [-0.4, -0.2) is 68.9 Å². The Balaban J connectivity index is 1.82. The Morgan fingerprint density at radius 2 is 1.77 bits per heavy atom. The van der Waals surface area contributed by atoms with Gasteiger partial charge in [-0.1, -0.05) is 18.5 Å². The third kappa shape index (κ3) is 7.50. The summed E-state index contributed by atoms with van der Waals surface area (Å²) >= 11 is 5.88. The number of aliphatic hydroxyl groups is 1. The molecule has 0 radical (unpaired) electrons. The molecule has 0 aliphatic carbocycles. The molecule has 230 valence electrons. The largest absolute Gasteiger partial charge is 0.573 e. The zero-order valence-corrected chi connectivity index (χ0v) is 22.5. The van der Waals surface area contributed by atoms with Gasteiger partial charge in [0, 0.05) is 22.7 Å². The number of carboxylic acid groups (broad SMARTS) is 1. The van der Waals surface area contributed by atoms with Gasteiger partial charge in [-0.25, -0.2) is 19.4 Å². The van der Waals surface area contributed by atoms with Crippen LogP contribution in [0.4, 0.5) is 26.3 Å². The number of rotatable bonds is 10. The van der Waals surface area contributed by atoms with Crippen LogP contribution in [-0.2, 0) is 17.9 Å². The van der Waals surface area contributed by atoms with Gasteiger partial charge in [0.25, 0.3) is 0 Å². The highest BCUT2D eigenvalue weighted by atomic mass is 35.5. The van der Waals surface area contributed by atoms with E-state index < -0.39 is 67.3 Å². The van der Waals surface area contributed by atoms with E-state index in [9.17, 15) is 46.1 Å². The maximum absolute atomic E-state index is 13.2. The van der Waals surface area contributed by atoms with Gasteiger partial charge in [-0.2, -0.15) is 17.9 Å². The van der Waals surface area contributed by atoms with Crippen LogP contribution in [0.3, 0.4) is 0 Å². The van der Waals surface area contributed by atoms with Gasteiger partial charge < -0.3 is 14.9 Å². The minimum Gasteiger partial charge on any atom is -0.481 e. The van der Waals surface area contributed by atoms with Crippen LogP contribution in [0.15, 0.2) is 47.4 Å². The van der Waals surface area contributed by atoms with Crippen LogP contribution in [0.25, 0.3) is 17.2 Å². The minimum atomic E-state index is -5.12. The van der Waals surface area contributed by atoms with Gasteiger partial charge in [0.05, 0.1) is 13.0 Å². The van der Waals surface area contributed by atoms with Crippen LogP contribution >= 0.6 is 11.6 Å². The molecule has 19 heteroatoms. The van der Waals surface area contributed by atoms with Gasteiger partial charge in [-0.05, 0) is 36.4 Å². The number of hydrogen-bond donors (Lipinski definition) is 2. The molecule has 2 N–H and O–H groups in total. The number of nitrogens with zero attached hydrogens (tertiary/aromatic N) is 7. The lowest BCUT2D eigenvalue weighted by Crippen LogP contribution is -2.37. The number of alkyl halides is 6. The Hall–Kier alpha value is -4.45. The molecule has 1 unspecified atom stereocenters. The highest BCUT2D eigenvalue weighted by molar-refractivity contribution is 6.30. The molecule has 0 aliphatic rings. The van der Waals surface area contributed by atoms with Crippen molar-refractivity contribution in [2.45, 2.75) is 51.0 Å². The Bertz CT molecular complexity index is 1670. The zero-order valence-electron chi connectivity index (χ0n) is 21.7. The summed E-state index contributed by atoms with van der Waals surface area (Å²) in [5, 5.41) is 27.4. The van der Waals surface area contributed by atoms with E-state index in [4.69, 9.17) is 11.6 Å². The molecule has 3 aromatic heterocycles. The Morgan fingerprint density at radius 1 is 1.09 bits per heavy atom. The van der Waals surface area contributed by atoms with Gasteiger partial charge >= 0.3 is 24.2 Å². The fraction of sp³-hybridized carbons (Fsp3) is 0.333. The first-order valence-corrected chi connectivity index (χ1v) is 12.5. The predicted molar refractivity (Wildman–Crippen MR) is 135 cm³/mol. The van der Waals surface area contributed by atoms with E-state index in [-0.39, 0.29) is 28.1 Å². The first-order chi connectivity index (χ1) is 20.0. The molecule has 0 spiro atoms. The van der Waals surface area contributed by atoms with Gasteiger partial charge in [0.1, 0.15) is 12.4 Å². The molecule has 0 amide bonds. The second kappa shape index (κ2) is 12.0. The number of carboxylic acids is 1. The average molecular weight is 636 g/mol. The summed E-state index contributed by atoms with van der Waals surface area (Å²) < 4.78 is 84.7. The third-order valence-corrected chi connectivity index (χ3v) is 6.08. The average Bonchev–Trinajstić information content (AvgIpc) is 3.45. The summed E-state index contributed by atoms with van der Waals surface area (Å²) in [5.41, 5.74) is -0.935. The quantitative estimate of drug-likeness (QED) is 0.248. The first-order valence-electron chi connectivity index (χ1n) is 12.1. The van der Waals surface area contributed by atoms with E-state index in [2.05, 4.69) is 24.9 Å². The smallest absolute Gasteiger partial charge is 0.481 e. The van der Waals surface area contributed by atoms with Gasteiger partial charge in [0.2, 0.25) is 0 Å². The van der Waals surface area contributed by atoms with E-state index in [0.717, 1.165) is 23.0 Å². The molecule has 0 aliphatic heterocycles. The molecule has 2 atom stereocenters. The number of carbonyl (C=O) groups is 1. The number of pyridine rings is 1. The lowest BCUT2D eigenvalue weighted by molar-refractivity contribution is -0.274. The summed E-state index contributed by atoms with van der Waals surface area (Å²) in [5.74, 6) is -4.21. The maximum atomic E-state index is 13.2. The topological polar surface area (TPSA) is 150 Å². The molecule has 0 saturated carbocycles. The highest BCUT2D eigenvalue weighted by Crippen LogP contribution is 2.30. The van der Waals surface area contributed by atoms with Gasteiger partial charge in [-0.15, -0.1) is 23.4 Å². The van der Waals surface area contributed by atoms with Crippen molar-refractivity contribution in [2.24, 2.45) is 0 Å². The van der Waals surface area contributed by atoms with Crippen molar-refractivity contribution >= 4 is 17.6 Å². The van der Waals surface area contributed by atoms with E-state index in [1.54, 1.807) is 0 Å². The normalized spacial score (nSPS) is 13.6. The molecule has 0 bridgehead atoms. The van der Waals surface area contributed by atoms with Crippen LogP contribution in [0, 0.1) is 0 Å². The lowest BCUT2D eigenvalue weighted by atomic mass is 10.1. The predicted octanol–water partition coefficient (Wildman–Crippen LogP) is 3.79. The number of aliphatic hydroxyl groups excluding tert-OH is 1. The molecule has 0 fully saturated rings. The molecular weight excluding hydrogens is 616 g/mol. The number of ether oxygens (including phenoxy) is 1. The standard InChI is InChI=1S/C24H20ClF6N7O5/c1-12(9-18(40)41)19-33-17(34-38(19)21-15(3-2-8-32-21)43-24(29,30)31)11-37-22(42)36(10-16(39)23(26,27)28)20(35-37)13-4-6-14(25)7-5-13/h2-8,12,16,39H,9-11H2,1H3,(H,40,41)/t12?,16-/m0/s1. The van der Waals surface area contributed by atoms with Gasteiger partial charge in [0.15, 0.2) is 29.3 Å². The van der Waals surface area contributed by atoms with Crippen LogP contribution in [0.5, 0.6) is 5.75 Å². The first kappa shape index (κ1) is 31.5. The summed E-state index contributed by atoms with van der Waals surface area (Å²) in [6, 6.07) is 7.66. The van der Waals surface area contributed by atoms with Crippen LogP contribution < -0.4 is 10.4 Å². The molecule has 4 aromatic rings. The van der Waals surface area contributed by atoms with Gasteiger partial charge in [-0.3, -0.25) is 9.36 Å². The van der Waals surface area contributed by atoms with Crippen LogP contribution in [0.1, 0.15) is 30.9 Å². The molecule has 1 aromatic carbocycles. The number of hydrogen-bond acceptors (Lipinski definition) is 8. The van der Waals surface area contributed by atoms with Crippen molar-refractivity contribution in [1.29, 1.82) is 0 Å². The summed E-state index contributed by atoms with van der Waals surface area (Å²) in [6.45, 7) is -0.421. The molecule has 3 heterocycles. The summed E-state index contributed by atoms with van der Waals surface area (Å²) in [7, 11) is 0. The minimum absolute atomic E-state index is 0.166. The van der Waals surface area contributed by atoms with Crippen molar-refractivity contribution in [2.75, 3.05) is 0 Å². The fourth-order valence-electron chi connectivity index (χ4n) is 3.94. The highest BCUT2D eigenvalue weighted by Gasteiger charge is 2.39. The number of aromatic nitrogens is 7. The summed E-state index contributed by atoms with van der Waals surface area (Å²) in [4.78, 5) is 32.6. The van der Waals surface area contributed by atoms with E-state index >= 15 is 0 Å². The second-order valence-corrected chi connectivity index (χ2v) is 9.55. The Morgan fingerprint density at radius 3 is 2.37 bits per heavy atom. The second-order valence-electron chi connectivity index (χ2n) is 9.11. The number of halogens is 7. The third-order valence-electron chi connectivity index (χ3n) is 5.82. The molecule has 12 nitrogen and oxygen atoms in total. The molecular formula is C24H20ClF6N7O5. The van der Waals surface area contributed by atoms with Crippen molar-refractivity contribution in [3.8, 4) is 23.0 Å². The zero-order chi connectivity index (χ0) is 31.7. The monoisotopic (exact) mass is 635 g/mol. The lowest BCUT2D eigenvalue weighted by Gasteiger charge is -2.15. The van der Waals surface area contributed by atoms with Crippen LogP contribution in [0.2, 0.25) is 5.02 Å². The maximum Gasteiger partial charge on any atom is 0.573 e. The van der Waals surface area contributed by atoms with E-state index in [1.165, 1.54) is 31.2 Å². The van der Waals surface area contributed by atoms with Crippen molar-refractivity contribution < 1.29 is 46.1 Å². The van der Waals surface area contributed by atoms with Crippen molar-refractivity contribution in [3.63, 3.8) is 0 Å². The number of benzene rings is 1. The van der Waals surface area contributed by atoms with Crippen molar-refractivity contribution in [3.05, 3.63) is 69.8 Å².